The van der Waals surface area contributed by atoms with Crippen LogP contribution in [0.25, 0.3) is 10.8 Å². The van der Waals surface area contributed by atoms with Crippen molar-refractivity contribution >= 4 is 22.4 Å². The lowest BCUT2D eigenvalue weighted by molar-refractivity contribution is 0.102. The van der Waals surface area contributed by atoms with Crippen molar-refractivity contribution < 1.29 is 4.79 Å². The van der Waals surface area contributed by atoms with Crippen LogP contribution in [0.1, 0.15) is 28.9 Å². The van der Waals surface area contributed by atoms with Gasteiger partial charge in [0.25, 0.3) is 11.5 Å². The molecule has 138 valence electrons. The van der Waals surface area contributed by atoms with Gasteiger partial charge in [-0.05, 0) is 56.1 Å². The van der Waals surface area contributed by atoms with Crippen molar-refractivity contribution in [1.82, 2.24) is 15.1 Å². The largest absolute Gasteiger partial charge is 0.321 e. The van der Waals surface area contributed by atoms with Gasteiger partial charge in [0.1, 0.15) is 0 Å². The first-order chi connectivity index (χ1) is 13.2. The number of rotatable bonds is 5. The van der Waals surface area contributed by atoms with E-state index in [2.05, 4.69) is 20.4 Å². The zero-order valence-corrected chi connectivity index (χ0v) is 15.1. The molecular weight excluding hydrogens is 340 g/mol. The third-order valence-electron chi connectivity index (χ3n) is 5.04. The van der Waals surface area contributed by atoms with Crippen LogP contribution in [-0.4, -0.2) is 40.6 Å². The lowest BCUT2D eigenvalue weighted by Crippen LogP contribution is -2.22. The van der Waals surface area contributed by atoms with Crippen molar-refractivity contribution in [3.8, 4) is 0 Å². The molecule has 0 unspecified atom stereocenters. The Balaban J connectivity index is 1.45. The molecule has 1 saturated heterocycles. The van der Waals surface area contributed by atoms with Crippen molar-refractivity contribution in [2.45, 2.75) is 19.3 Å². The van der Waals surface area contributed by atoms with Crippen molar-refractivity contribution in [1.29, 1.82) is 0 Å². The highest BCUT2D eigenvalue weighted by Crippen LogP contribution is 2.16. The molecule has 0 saturated carbocycles. The van der Waals surface area contributed by atoms with Gasteiger partial charge in [0.2, 0.25) is 0 Å². The number of likely N-dealkylation sites (tertiary alicyclic amines) is 1. The van der Waals surface area contributed by atoms with Gasteiger partial charge in [0, 0.05) is 17.6 Å². The number of aromatic nitrogens is 2. The second kappa shape index (κ2) is 7.72. The summed E-state index contributed by atoms with van der Waals surface area (Å²) in [7, 11) is 0. The van der Waals surface area contributed by atoms with E-state index in [0.717, 1.165) is 13.0 Å². The van der Waals surface area contributed by atoms with Crippen LogP contribution in [0.4, 0.5) is 5.69 Å². The van der Waals surface area contributed by atoms with Gasteiger partial charge >= 0.3 is 0 Å². The van der Waals surface area contributed by atoms with E-state index in [0.29, 0.717) is 16.5 Å². The summed E-state index contributed by atoms with van der Waals surface area (Å²) in [6, 6.07) is 14.9. The fraction of sp³-hybridized carbons (Fsp3) is 0.286. The summed E-state index contributed by atoms with van der Waals surface area (Å²) < 4.78 is 0. The lowest BCUT2D eigenvalue weighted by atomic mass is 10.1. The molecule has 2 N–H and O–H groups in total. The number of amides is 1. The molecule has 1 fully saturated rings. The van der Waals surface area contributed by atoms with Crippen LogP contribution < -0.4 is 10.9 Å². The Bertz CT molecular complexity index is 1000. The van der Waals surface area contributed by atoms with Gasteiger partial charge in [-0.3, -0.25) is 9.59 Å². The summed E-state index contributed by atoms with van der Waals surface area (Å²) in [5, 5.41) is 10.2. The average molecular weight is 362 g/mol. The minimum absolute atomic E-state index is 0.211. The third kappa shape index (κ3) is 3.90. The van der Waals surface area contributed by atoms with Crippen LogP contribution >= 0.6 is 0 Å². The predicted octanol–water partition coefficient (Wildman–Crippen LogP) is 2.81. The maximum atomic E-state index is 12.6. The van der Waals surface area contributed by atoms with Gasteiger partial charge in [0.05, 0.1) is 5.39 Å². The van der Waals surface area contributed by atoms with Crippen LogP contribution in [0.2, 0.25) is 0 Å². The molecule has 0 spiro atoms. The SMILES string of the molecule is O=C(Nc1ccc(CCN2CCCC2)cc1)c1n[nH]c(=O)c2ccccc12. The Hall–Kier alpha value is -2.99. The Morgan fingerprint density at radius 3 is 2.48 bits per heavy atom. The van der Waals surface area contributed by atoms with Crippen LogP contribution in [0.5, 0.6) is 0 Å². The Morgan fingerprint density at radius 2 is 1.74 bits per heavy atom. The van der Waals surface area contributed by atoms with E-state index in [-0.39, 0.29) is 17.2 Å². The zero-order chi connectivity index (χ0) is 18.6. The van der Waals surface area contributed by atoms with Gasteiger partial charge in [0.15, 0.2) is 5.69 Å². The standard InChI is InChI=1S/C21H22N4O2/c26-20-18-6-2-1-5-17(18)19(23-24-20)21(27)22-16-9-7-15(8-10-16)11-14-25-12-3-4-13-25/h1-2,5-10H,3-4,11-14H2,(H,22,27)(H,24,26). The summed E-state index contributed by atoms with van der Waals surface area (Å²) in [5.74, 6) is -0.340. The molecule has 0 atom stereocenters. The topological polar surface area (TPSA) is 78.1 Å². The molecule has 1 aliphatic rings. The van der Waals surface area contributed by atoms with Crippen molar-refractivity contribution in [2.24, 2.45) is 0 Å². The first-order valence-corrected chi connectivity index (χ1v) is 9.31. The van der Waals surface area contributed by atoms with Crippen LogP contribution in [-0.2, 0) is 6.42 Å². The zero-order valence-electron chi connectivity index (χ0n) is 15.1. The number of hydrogen-bond donors (Lipinski definition) is 2. The number of aromatic amines is 1. The van der Waals surface area contributed by atoms with E-state index >= 15 is 0 Å². The van der Waals surface area contributed by atoms with Crippen LogP contribution in [0.15, 0.2) is 53.3 Å². The summed E-state index contributed by atoms with van der Waals surface area (Å²) in [6.07, 6.45) is 3.62. The molecule has 6 heteroatoms. The van der Waals surface area contributed by atoms with E-state index < -0.39 is 0 Å². The van der Waals surface area contributed by atoms with Gasteiger partial charge in [-0.1, -0.05) is 30.3 Å². The van der Waals surface area contributed by atoms with Crippen molar-refractivity contribution in [3.63, 3.8) is 0 Å². The quantitative estimate of drug-likeness (QED) is 0.732. The van der Waals surface area contributed by atoms with Crippen LogP contribution in [0.3, 0.4) is 0 Å². The van der Waals surface area contributed by atoms with E-state index in [1.54, 1.807) is 24.3 Å². The molecule has 27 heavy (non-hydrogen) atoms. The van der Waals surface area contributed by atoms with Crippen molar-refractivity contribution in [3.05, 3.63) is 70.1 Å². The maximum Gasteiger partial charge on any atom is 0.276 e. The lowest BCUT2D eigenvalue weighted by Gasteiger charge is -2.14. The molecule has 0 aliphatic carbocycles. The maximum absolute atomic E-state index is 12.6. The van der Waals surface area contributed by atoms with E-state index in [9.17, 15) is 9.59 Å². The Kier molecular flexibility index (Phi) is 4.98. The molecule has 3 aromatic rings. The number of fused-ring (bicyclic) bond motifs is 1. The number of carbonyl (C=O) groups excluding carboxylic acids is 1. The number of nitrogens with zero attached hydrogens (tertiary/aromatic N) is 2. The second-order valence-corrected chi connectivity index (χ2v) is 6.90. The first-order valence-electron chi connectivity index (χ1n) is 9.31. The molecule has 0 bridgehead atoms. The molecule has 1 amide bonds. The predicted molar refractivity (Wildman–Crippen MR) is 106 cm³/mol. The summed E-state index contributed by atoms with van der Waals surface area (Å²) in [6.45, 7) is 3.49. The third-order valence-corrected chi connectivity index (χ3v) is 5.04. The number of carbonyl (C=O) groups is 1. The molecule has 6 nitrogen and oxygen atoms in total. The molecule has 0 radical (unpaired) electrons. The molecule has 4 rings (SSSR count). The fourth-order valence-corrected chi connectivity index (χ4v) is 3.53. The summed E-state index contributed by atoms with van der Waals surface area (Å²) in [5.41, 5.74) is 1.88. The second-order valence-electron chi connectivity index (χ2n) is 6.90. The fourth-order valence-electron chi connectivity index (χ4n) is 3.53. The van der Waals surface area contributed by atoms with Gasteiger partial charge in [-0.15, -0.1) is 0 Å². The van der Waals surface area contributed by atoms with E-state index in [1.807, 2.05) is 24.3 Å². The number of benzene rings is 2. The van der Waals surface area contributed by atoms with Crippen molar-refractivity contribution in [2.75, 3.05) is 25.0 Å². The highest BCUT2D eigenvalue weighted by molar-refractivity contribution is 6.11. The molecule has 2 heterocycles. The minimum atomic E-state index is -0.340. The van der Waals surface area contributed by atoms with Gasteiger partial charge in [-0.2, -0.15) is 5.10 Å². The number of hydrogen-bond acceptors (Lipinski definition) is 4. The first kappa shape index (κ1) is 17.4. The minimum Gasteiger partial charge on any atom is -0.321 e. The highest BCUT2D eigenvalue weighted by Gasteiger charge is 2.14. The molecule has 1 aromatic heterocycles. The number of H-pyrrole nitrogens is 1. The highest BCUT2D eigenvalue weighted by atomic mass is 16.2. The average Bonchev–Trinajstić information content (AvgIpc) is 3.21. The number of anilines is 1. The molecular formula is C21H22N4O2. The summed E-state index contributed by atoms with van der Waals surface area (Å²) in [4.78, 5) is 27.0. The molecule has 1 aliphatic heterocycles. The van der Waals surface area contributed by atoms with E-state index in [1.165, 1.54) is 31.5 Å². The molecule has 2 aromatic carbocycles. The summed E-state index contributed by atoms with van der Waals surface area (Å²) >= 11 is 0. The smallest absolute Gasteiger partial charge is 0.276 e. The van der Waals surface area contributed by atoms with E-state index in [4.69, 9.17) is 0 Å². The normalized spacial score (nSPS) is 14.5. The van der Waals surface area contributed by atoms with Gasteiger partial charge in [-0.25, -0.2) is 5.10 Å². The Labute approximate surface area is 157 Å². The number of nitrogens with one attached hydrogen (secondary N) is 2. The van der Waals surface area contributed by atoms with Crippen LogP contribution in [0, 0.1) is 0 Å². The monoisotopic (exact) mass is 362 g/mol. The van der Waals surface area contributed by atoms with Gasteiger partial charge < -0.3 is 10.2 Å². The Morgan fingerprint density at radius 1 is 1.04 bits per heavy atom.